The molecule has 1 aromatic carbocycles. The van der Waals surface area contributed by atoms with E-state index in [9.17, 15) is 0 Å². The molecule has 2 nitrogen and oxygen atoms in total. The van der Waals surface area contributed by atoms with Gasteiger partial charge in [-0.25, -0.2) is 4.42 Å². The summed E-state index contributed by atoms with van der Waals surface area (Å²) in [4.78, 5) is 0. The quantitative estimate of drug-likeness (QED) is 0.392. The second-order valence-corrected chi connectivity index (χ2v) is 5.46. The maximum atomic E-state index is 5.98. The van der Waals surface area contributed by atoms with Crippen molar-refractivity contribution in [3.8, 4) is 11.3 Å². The van der Waals surface area contributed by atoms with Crippen LogP contribution in [0.5, 0.6) is 0 Å². The second-order valence-electron chi connectivity index (χ2n) is 5.46. The fourth-order valence-corrected chi connectivity index (χ4v) is 2.87. The highest BCUT2D eigenvalue weighted by atomic mass is 16.4. The lowest BCUT2D eigenvalue weighted by Gasteiger charge is -1.90. The van der Waals surface area contributed by atoms with Crippen LogP contribution in [-0.4, -0.2) is 0 Å². The molecule has 2 heterocycles. The van der Waals surface area contributed by atoms with Crippen LogP contribution in [0.4, 0.5) is 0 Å². The molecule has 0 unspecified atom stereocenters. The van der Waals surface area contributed by atoms with Gasteiger partial charge < -0.3 is 4.42 Å². The Kier molecular flexibility index (Phi) is 2.19. The predicted molar refractivity (Wildman–Crippen MR) is 81.2 cm³/mol. The molecule has 2 aliphatic rings. The van der Waals surface area contributed by atoms with Crippen LogP contribution in [0.2, 0.25) is 0 Å². The van der Waals surface area contributed by atoms with Crippen LogP contribution in [0.3, 0.4) is 0 Å². The van der Waals surface area contributed by atoms with Crippen LogP contribution in [0.1, 0.15) is 16.9 Å². The Hall–Kier alpha value is -2.35. The van der Waals surface area contributed by atoms with Crippen LogP contribution in [0.25, 0.3) is 33.3 Å². The summed E-state index contributed by atoms with van der Waals surface area (Å²) in [5.41, 5.74) is 5.32. The van der Waals surface area contributed by atoms with Crippen molar-refractivity contribution in [2.45, 2.75) is 20.8 Å². The summed E-state index contributed by atoms with van der Waals surface area (Å²) in [5, 5.41) is 2.27. The Bertz CT molecular complexity index is 931. The van der Waals surface area contributed by atoms with E-state index in [1.54, 1.807) is 0 Å². The molecular weight excluding hydrogens is 248 g/mol. The Balaban J connectivity index is 2.31. The van der Waals surface area contributed by atoms with E-state index in [0.29, 0.717) is 0 Å². The molecule has 1 aromatic heterocycles. The SMILES string of the molecule is Cc1ccc2[o+]c3ccc(C)c4cc(C)oc4c-3c2c1. The highest BCUT2D eigenvalue weighted by Gasteiger charge is 2.28. The summed E-state index contributed by atoms with van der Waals surface area (Å²) in [6, 6.07) is 12.5. The first-order chi connectivity index (χ1) is 9.63. The second kappa shape index (κ2) is 3.83. The van der Waals surface area contributed by atoms with Crippen molar-refractivity contribution in [1.29, 1.82) is 0 Å². The number of rotatable bonds is 0. The molecule has 0 saturated carbocycles. The first kappa shape index (κ1) is 11.5. The zero-order valence-corrected chi connectivity index (χ0v) is 11.8. The average molecular weight is 263 g/mol. The number of fused-ring (bicyclic) bond motifs is 5. The predicted octanol–water partition coefficient (Wildman–Crippen LogP) is 5.49. The molecule has 2 heteroatoms. The van der Waals surface area contributed by atoms with E-state index in [4.69, 9.17) is 8.83 Å². The van der Waals surface area contributed by atoms with Crippen molar-refractivity contribution < 1.29 is 8.83 Å². The smallest absolute Gasteiger partial charge is 0.365 e. The number of aryl methyl sites for hydroxylation is 3. The van der Waals surface area contributed by atoms with Gasteiger partial charge in [-0.3, -0.25) is 0 Å². The fourth-order valence-electron chi connectivity index (χ4n) is 2.87. The largest absolute Gasteiger partial charge is 0.460 e. The molecule has 0 spiro atoms. The molecule has 0 atom stereocenters. The number of hydrogen-bond acceptors (Lipinski definition) is 1. The monoisotopic (exact) mass is 263 g/mol. The van der Waals surface area contributed by atoms with Gasteiger partial charge in [0.2, 0.25) is 0 Å². The maximum Gasteiger partial charge on any atom is 0.365 e. The third kappa shape index (κ3) is 1.48. The summed E-state index contributed by atoms with van der Waals surface area (Å²) in [5.74, 6) is 1.80. The normalized spacial score (nSPS) is 11.8. The van der Waals surface area contributed by atoms with E-state index >= 15 is 0 Å². The Labute approximate surface area is 117 Å². The van der Waals surface area contributed by atoms with Crippen LogP contribution >= 0.6 is 0 Å². The lowest BCUT2D eigenvalue weighted by molar-refractivity contribution is 0.577. The zero-order chi connectivity index (χ0) is 13.9. The van der Waals surface area contributed by atoms with Gasteiger partial charge in [0, 0.05) is 17.5 Å². The first-order valence-electron chi connectivity index (χ1n) is 6.79. The summed E-state index contributed by atoms with van der Waals surface area (Å²) in [6.45, 7) is 6.18. The molecule has 98 valence electrons. The number of benzene rings is 1. The molecule has 20 heavy (non-hydrogen) atoms. The fraction of sp³-hybridized carbons (Fsp3) is 0.167. The van der Waals surface area contributed by atoms with E-state index in [0.717, 1.165) is 39.0 Å². The standard InChI is InChI=1S/C18H15O2/c1-10-4-6-15-14(8-10)17-16(20-15)7-5-11(2)13-9-12(3)19-18(13)17/h4-9H,1-3H3/q+1. The van der Waals surface area contributed by atoms with Gasteiger partial charge in [-0.05, 0) is 56.2 Å². The minimum Gasteiger partial charge on any atom is -0.460 e. The Morgan fingerprint density at radius 2 is 1.75 bits per heavy atom. The van der Waals surface area contributed by atoms with Crippen LogP contribution < -0.4 is 0 Å². The average Bonchev–Trinajstić information content (AvgIpc) is 2.92. The van der Waals surface area contributed by atoms with E-state index in [1.807, 2.05) is 19.1 Å². The molecule has 0 N–H and O–H groups in total. The van der Waals surface area contributed by atoms with Gasteiger partial charge >= 0.3 is 11.3 Å². The van der Waals surface area contributed by atoms with Gasteiger partial charge in [-0.2, -0.15) is 0 Å². The van der Waals surface area contributed by atoms with E-state index in [2.05, 4.69) is 38.1 Å². The van der Waals surface area contributed by atoms with Crippen molar-refractivity contribution in [2.75, 3.05) is 0 Å². The van der Waals surface area contributed by atoms with Crippen LogP contribution in [-0.2, 0) is 0 Å². The van der Waals surface area contributed by atoms with Gasteiger partial charge in [0.15, 0.2) is 5.58 Å². The third-order valence-electron chi connectivity index (χ3n) is 3.86. The minimum absolute atomic E-state index is 0.873. The molecule has 0 radical (unpaired) electrons. The highest BCUT2D eigenvalue weighted by molar-refractivity contribution is 6.07. The molecule has 1 aliphatic heterocycles. The highest BCUT2D eigenvalue weighted by Crippen LogP contribution is 2.40. The minimum atomic E-state index is 0.873. The molecule has 0 bridgehead atoms. The summed E-state index contributed by atoms with van der Waals surface area (Å²) < 4.78 is 11.9. The van der Waals surface area contributed by atoms with Gasteiger partial charge in [0.05, 0.1) is 0 Å². The zero-order valence-electron chi connectivity index (χ0n) is 11.8. The molecule has 2 aromatic rings. The van der Waals surface area contributed by atoms with Crippen molar-refractivity contribution in [3.63, 3.8) is 0 Å². The van der Waals surface area contributed by atoms with Gasteiger partial charge in [0.1, 0.15) is 16.7 Å². The topological polar surface area (TPSA) is 24.4 Å². The number of hydrogen-bond donors (Lipinski definition) is 0. The van der Waals surface area contributed by atoms with Crippen molar-refractivity contribution >= 4 is 21.9 Å². The lowest BCUT2D eigenvalue weighted by Crippen LogP contribution is -1.73. The van der Waals surface area contributed by atoms with Crippen molar-refractivity contribution in [1.82, 2.24) is 0 Å². The van der Waals surface area contributed by atoms with Crippen molar-refractivity contribution in [2.24, 2.45) is 0 Å². The number of furan rings is 2. The summed E-state index contributed by atoms with van der Waals surface area (Å²) in [7, 11) is 0. The lowest BCUT2D eigenvalue weighted by atomic mass is 10.1. The third-order valence-corrected chi connectivity index (χ3v) is 3.86. The first-order valence-corrected chi connectivity index (χ1v) is 6.79. The van der Waals surface area contributed by atoms with E-state index < -0.39 is 0 Å². The van der Waals surface area contributed by atoms with E-state index in [1.165, 1.54) is 11.1 Å². The van der Waals surface area contributed by atoms with Gasteiger partial charge in [0.25, 0.3) is 0 Å². The summed E-state index contributed by atoms with van der Waals surface area (Å²) in [6.07, 6.45) is 0. The molecular formula is C18H15O2+. The van der Waals surface area contributed by atoms with Crippen molar-refractivity contribution in [3.05, 3.63) is 53.3 Å². The molecule has 0 saturated heterocycles. The molecule has 1 aliphatic carbocycles. The summed E-state index contributed by atoms with van der Waals surface area (Å²) >= 11 is 0. The Morgan fingerprint density at radius 1 is 0.900 bits per heavy atom. The molecule has 0 fully saturated rings. The van der Waals surface area contributed by atoms with E-state index in [-0.39, 0.29) is 0 Å². The molecule has 4 rings (SSSR count). The molecule has 0 amide bonds. The maximum absolute atomic E-state index is 5.98. The van der Waals surface area contributed by atoms with Gasteiger partial charge in [-0.1, -0.05) is 0 Å². The Morgan fingerprint density at radius 3 is 2.60 bits per heavy atom. The van der Waals surface area contributed by atoms with Crippen LogP contribution in [0.15, 0.2) is 45.2 Å². The van der Waals surface area contributed by atoms with Gasteiger partial charge in [-0.15, -0.1) is 0 Å². The van der Waals surface area contributed by atoms with Crippen LogP contribution in [0, 0.1) is 20.8 Å².